The Balaban J connectivity index is -0.000000119. The summed E-state index contributed by atoms with van der Waals surface area (Å²) in [5.74, 6) is -9.98. The molecule has 0 N–H and O–H groups in total. The predicted molar refractivity (Wildman–Crippen MR) is 405 cm³/mol. The highest BCUT2D eigenvalue weighted by atomic mass is 19.5. The molecule has 0 amide bonds. The first-order valence-electron chi connectivity index (χ1n) is 39.5. The molecule has 0 spiro atoms. The average Bonchev–Trinajstić information content (AvgIpc) is 0.795. The second kappa shape index (κ2) is 54.5. The summed E-state index contributed by atoms with van der Waals surface area (Å²) in [6.45, 7) is 58.1. The van der Waals surface area contributed by atoms with Crippen molar-refractivity contribution in [2.24, 2.45) is 121 Å². The molecule has 0 aliphatic rings. The van der Waals surface area contributed by atoms with Crippen molar-refractivity contribution in [3.8, 4) is 0 Å². The van der Waals surface area contributed by atoms with E-state index in [4.69, 9.17) is 0 Å². The maximum absolute atomic E-state index is 12.3. The van der Waals surface area contributed by atoms with E-state index in [2.05, 4.69) is 0 Å². The van der Waals surface area contributed by atoms with Crippen LogP contribution in [0.3, 0.4) is 0 Å². The minimum absolute atomic E-state index is 0.0895. The molecule has 36 heteroatoms. The van der Waals surface area contributed by atoms with Crippen LogP contribution >= 0.6 is 0 Å². The molecule has 0 aliphatic carbocycles. The number of alkyl halides is 36. The summed E-state index contributed by atoms with van der Waals surface area (Å²) in [6, 6.07) is 0. The van der Waals surface area contributed by atoms with Gasteiger partial charge < -0.3 is 0 Å². The molecule has 0 bridgehead atoms. The first-order chi connectivity index (χ1) is 50.7. The first kappa shape index (κ1) is 139. The van der Waals surface area contributed by atoms with Crippen LogP contribution in [0.4, 0.5) is 158 Å². The molecule has 0 aromatic carbocycles. The van der Waals surface area contributed by atoms with Gasteiger partial charge in [0.25, 0.3) is 0 Å². The quantitative estimate of drug-likeness (QED) is 0.113. The minimum atomic E-state index is -5.19. The molecule has 0 saturated carbocycles. The molecule has 0 aromatic heterocycles. The zero-order chi connectivity index (χ0) is 99.4. The zero-order valence-electron chi connectivity index (χ0n) is 77.0. The van der Waals surface area contributed by atoms with Crippen molar-refractivity contribution in [2.45, 2.75) is 408 Å². The van der Waals surface area contributed by atoms with E-state index < -0.39 is 167 Å². The van der Waals surface area contributed by atoms with Gasteiger partial charge >= 0.3 is 74.1 Å². The first-order valence-corrected chi connectivity index (χ1v) is 39.5. The predicted octanol–water partition coefficient (Wildman–Crippen LogP) is 38.2. The lowest BCUT2D eigenvalue weighted by atomic mass is 9.69. The Morgan fingerprint density at radius 3 is 0.593 bits per heavy atom. The lowest BCUT2D eigenvalue weighted by molar-refractivity contribution is -0.288. The summed E-state index contributed by atoms with van der Waals surface area (Å²) < 4.78 is 432. The van der Waals surface area contributed by atoms with Crippen LogP contribution in [0.25, 0.3) is 0 Å². The lowest BCUT2D eigenvalue weighted by Crippen LogP contribution is -2.43. The Labute approximate surface area is 684 Å². The Bertz CT molecular complexity index is 2270. The fourth-order valence-electron chi connectivity index (χ4n) is 7.64. The van der Waals surface area contributed by atoms with E-state index in [0.29, 0.717) is 44.9 Å². The summed E-state index contributed by atoms with van der Waals surface area (Å²) in [4.78, 5) is 0. The monoisotopic (exact) mass is 1820 g/mol. The largest absolute Gasteiger partial charge is 0.400 e. The SMILES string of the molecule is CC(C)(C)C(C)(C)C(F)(F)F.CC(C)(C)C(C)(C)C(F)(F)F.CC(C)C(C)(C)C(F)(F)F.CC(C)[C@@H](C)C(C)C(F)(F)F.CC(C)[C@@H](C)C(C)C(F)(F)F.CCC(C)(C)CC(F)(F)F.CCC(C)[C@@H](C)C(F)(F)F.CCC(CC)CC(F)(F)F.CCCC(C)(C)C(F)(F)F.CC[C@@H](C)CC(C(F)(F)F)C(F)(F)F.CC[C@H](C)C(C)C(F)(F)F. The molecule has 0 aromatic rings. The van der Waals surface area contributed by atoms with Crippen LogP contribution in [0.1, 0.15) is 334 Å². The van der Waals surface area contributed by atoms with E-state index in [9.17, 15) is 158 Å². The Morgan fingerprint density at radius 1 is 0.271 bits per heavy atom. The molecule has 0 heterocycles. The van der Waals surface area contributed by atoms with E-state index in [1.807, 2.05) is 27.7 Å². The second-order valence-electron chi connectivity index (χ2n) is 36.7. The Morgan fingerprint density at radius 2 is 0.525 bits per heavy atom. The fourth-order valence-corrected chi connectivity index (χ4v) is 7.64. The van der Waals surface area contributed by atoms with Crippen LogP contribution in [-0.2, 0) is 0 Å². The third-order valence-electron chi connectivity index (χ3n) is 23.2. The molecular formula is C82H150F36. The summed E-state index contributed by atoms with van der Waals surface area (Å²) >= 11 is 0. The minimum Gasteiger partial charge on any atom is -0.171 e. The van der Waals surface area contributed by atoms with Gasteiger partial charge in [0, 0.05) is 12.8 Å². The molecule has 0 saturated heterocycles. The van der Waals surface area contributed by atoms with Crippen LogP contribution in [0.2, 0.25) is 0 Å². The van der Waals surface area contributed by atoms with Crippen molar-refractivity contribution >= 4 is 0 Å². The van der Waals surface area contributed by atoms with Crippen LogP contribution in [0, 0.1) is 121 Å². The van der Waals surface area contributed by atoms with Gasteiger partial charge in [-0.15, -0.1) is 0 Å². The number of halogens is 36. The summed E-state index contributed by atoms with van der Waals surface area (Å²) in [7, 11) is 0. The number of hydrogen-bond acceptors (Lipinski definition) is 0. The van der Waals surface area contributed by atoms with Crippen molar-refractivity contribution < 1.29 is 158 Å². The van der Waals surface area contributed by atoms with E-state index in [1.54, 1.807) is 145 Å². The average molecular weight is 1820 g/mol. The van der Waals surface area contributed by atoms with Gasteiger partial charge in [-0.25, -0.2) is 0 Å². The van der Waals surface area contributed by atoms with Crippen LogP contribution < -0.4 is 0 Å². The normalized spacial score (nSPS) is 16.0. The molecule has 0 aliphatic heterocycles. The molecule has 0 nitrogen and oxygen atoms in total. The molecule has 9 atom stereocenters. The Hall–Kier alpha value is -2.52. The molecule has 0 fully saturated rings. The summed E-state index contributed by atoms with van der Waals surface area (Å²) in [5.41, 5.74) is -8.41. The van der Waals surface area contributed by atoms with E-state index in [-0.39, 0.29) is 53.8 Å². The van der Waals surface area contributed by atoms with Crippen molar-refractivity contribution in [2.75, 3.05) is 0 Å². The lowest BCUT2D eigenvalue weighted by Gasteiger charge is -2.40. The fraction of sp³-hybridized carbons (Fsp3) is 1.00. The summed E-state index contributed by atoms with van der Waals surface area (Å²) in [6.07, 6.45) is -49.0. The van der Waals surface area contributed by atoms with Crippen molar-refractivity contribution in [3.63, 3.8) is 0 Å². The Kier molecular flexibility index (Phi) is 64.0. The standard InChI is InChI=1S/C8H12F6.4C8H15F3.6C7H13F3/c1-3-5(2)4-6(7(9,10)11)8(12,13)14;2*1-6(2,3)7(4,5)8(9,10)11;2*1-5(2)6(3)7(4)8(9,10)11;1-5(2)6(3,4)7(8,9)10;1-4-6(2,3)5-7(8,9)10;1-4-5-6(2,3)7(8,9)10;2*1-4-5(2)6(3)7(8,9)10;1-3-6(4-2)5-7(8,9)10/h5-6H,3-4H2,1-2H3;2*1-5H3;2*5-7H,1-4H3;5H,1-4H3;2*4-5H2,1-3H3;2*5-6H,4H2,1-3H3;6H,3-5H2,1-2H3/t5-;;;2*6-,7?;;;;5?,6-;5-,6?;/m1..11...10./s1. The maximum Gasteiger partial charge on any atom is 0.400 e. The van der Waals surface area contributed by atoms with Gasteiger partial charge in [-0.05, 0) is 82.3 Å². The van der Waals surface area contributed by atoms with Crippen molar-refractivity contribution in [3.05, 3.63) is 0 Å². The number of rotatable bonds is 19. The van der Waals surface area contributed by atoms with E-state index in [0.717, 1.165) is 0 Å². The van der Waals surface area contributed by atoms with Gasteiger partial charge in [0.05, 0.1) is 45.3 Å². The highest BCUT2D eigenvalue weighted by molar-refractivity contribution is 4.90. The maximum atomic E-state index is 12.3. The van der Waals surface area contributed by atoms with Crippen LogP contribution in [0.15, 0.2) is 0 Å². The molecular weight excluding hydrogens is 1670 g/mol. The van der Waals surface area contributed by atoms with Gasteiger partial charge in [-0.3, -0.25) is 0 Å². The van der Waals surface area contributed by atoms with E-state index in [1.165, 1.54) is 90.0 Å². The van der Waals surface area contributed by atoms with Gasteiger partial charge in [-0.1, -0.05) is 308 Å². The topological polar surface area (TPSA) is 0 Å². The second-order valence-corrected chi connectivity index (χ2v) is 36.7. The third kappa shape index (κ3) is 64.3. The van der Waals surface area contributed by atoms with Crippen LogP contribution in [0.5, 0.6) is 0 Å². The molecule has 0 radical (unpaired) electrons. The third-order valence-corrected chi connectivity index (χ3v) is 23.2. The number of hydrogen-bond donors (Lipinski definition) is 0. The van der Waals surface area contributed by atoms with Crippen molar-refractivity contribution in [1.82, 2.24) is 0 Å². The van der Waals surface area contributed by atoms with Crippen LogP contribution in [-0.4, -0.2) is 74.1 Å². The smallest absolute Gasteiger partial charge is 0.171 e. The van der Waals surface area contributed by atoms with Crippen molar-refractivity contribution in [1.29, 1.82) is 0 Å². The van der Waals surface area contributed by atoms with Gasteiger partial charge in [-0.2, -0.15) is 158 Å². The van der Waals surface area contributed by atoms with Gasteiger partial charge in [0.15, 0.2) is 5.92 Å². The molecule has 0 rings (SSSR count). The molecule has 730 valence electrons. The summed E-state index contributed by atoms with van der Waals surface area (Å²) in [5, 5.41) is 0. The van der Waals surface area contributed by atoms with Gasteiger partial charge in [0.2, 0.25) is 0 Å². The molecule has 4 unspecified atom stereocenters. The highest BCUT2D eigenvalue weighted by Gasteiger charge is 2.58. The zero-order valence-corrected chi connectivity index (χ0v) is 77.0. The molecule has 118 heavy (non-hydrogen) atoms. The van der Waals surface area contributed by atoms with E-state index >= 15 is 0 Å². The van der Waals surface area contributed by atoms with Gasteiger partial charge in [0.1, 0.15) is 0 Å². The highest BCUT2D eigenvalue weighted by Crippen LogP contribution is 2.52.